The molecule has 6 nitrogen and oxygen atoms in total. The lowest BCUT2D eigenvalue weighted by Crippen LogP contribution is -2.38. The molecule has 6 heteroatoms. The molecule has 0 saturated carbocycles. The fourth-order valence-electron chi connectivity index (χ4n) is 3.88. The summed E-state index contributed by atoms with van der Waals surface area (Å²) in [6.07, 6.45) is 0.787. The maximum absolute atomic E-state index is 13.2. The number of nitrogens with zero attached hydrogens (tertiary/aromatic N) is 3. The van der Waals surface area contributed by atoms with E-state index in [-0.39, 0.29) is 12.0 Å². The van der Waals surface area contributed by atoms with Gasteiger partial charge < -0.3 is 5.11 Å². The summed E-state index contributed by atoms with van der Waals surface area (Å²) >= 11 is 0. The van der Waals surface area contributed by atoms with Crippen molar-refractivity contribution in [1.29, 1.82) is 0 Å². The van der Waals surface area contributed by atoms with Crippen LogP contribution in [0.5, 0.6) is 0 Å². The zero-order valence-corrected chi connectivity index (χ0v) is 17.4. The molecule has 0 saturated heterocycles. The highest BCUT2D eigenvalue weighted by Crippen LogP contribution is 2.24. The minimum Gasteiger partial charge on any atom is -0.483 e. The Morgan fingerprint density at radius 3 is 2.47 bits per heavy atom. The second-order valence-corrected chi connectivity index (χ2v) is 7.22. The Hall–Kier alpha value is -3.25. The SMILES string of the molecule is CCN1CCc2c(nc(C)n(Cc3ccccc3-c3ccccc3)c2=O)C1.O=CO. The van der Waals surface area contributed by atoms with Crippen molar-refractivity contribution in [3.8, 4) is 11.1 Å². The van der Waals surface area contributed by atoms with Gasteiger partial charge in [-0.25, -0.2) is 4.98 Å². The molecule has 0 unspecified atom stereocenters. The Kier molecular flexibility index (Phi) is 7.14. The van der Waals surface area contributed by atoms with Gasteiger partial charge in [-0.2, -0.15) is 0 Å². The monoisotopic (exact) mass is 405 g/mol. The molecule has 2 aromatic carbocycles. The Morgan fingerprint density at radius 2 is 1.77 bits per heavy atom. The molecule has 4 rings (SSSR count). The normalized spacial score (nSPS) is 13.1. The number of aromatic nitrogens is 2. The minimum atomic E-state index is -0.250. The Labute approximate surface area is 176 Å². The largest absolute Gasteiger partial charge is 0.483 e. The van der Waals surface area contributed by atoms with Gasteiger partial charge in [-0.15, -0.1) is 0 Å². The number of carbonyl (C=O) groups is 1. The summed E-state index contributed by atoms with van der Waals surface area (Å²) in [4.78, 5) is 28.7. The third-order valence-corrected chi connectivity index (χ3v) is 5.47. The summed E-state index contributed by atoms with van der Waals surface area (Å²) in [6, 6.07) is 18.6. The van der Waals surface area contributed by atoms with Gasteiger partial charge in [-0.3, -0.25) is 19.1 Å². The third kappa shape index (κ3) is 4.66. The van der Waals surface area contributed by atoms with E-state index in [1.807, 2.05) is 41.8 Å². The highest BCUT2D eigenvalue weighted by atomic mass is 16.3. The van der Waals surface area contributed by atoms with Crippen molar-refractivity contribution in [3.63, 3.8) is 0 Å². The number of carboxylic acid groups (broad SMARTS) is 1. The van der Waals surface area contributed by atoms with Crippen molar-refractivity contribution >= 4 is 6.47 Å². The quantitative estimate of drug-likeness (QED) is 0.674. The molecule has 0 fully saturated rings. The van der Waals surface area contributed by atoms with Crippen molar-refractivity contribution in [2.24, 2.45) is 0 Å². The first-order valence-corrected chi connectivity index (χ1v) is 10.1. The molecule has 2 heterocycles. The molecule has 0 radical (unpaired) electrons. The predicted molar refractivity (Wildman–Crippen MR) is 118 cm³/mol. The first-order valence-electron chi connectivity index (χ1n) is 10.1. The van der Waals surface area contributed by atoms with Gasteiger partial charge in [0.1, 0.15) is 5.82 Å². The lowest BCUT2D eigenvalue weighted by Gasteiger charge is -2.27. The fraction of sp³-hybridized carbons (Fsp3) is 0.292. The lowest BCUT2D eigenvalue weighted by atomic mass is 9.99. The van der Waals surface area contributed by atoms with Crippen LogP contribution in [0.15, 0.2) is 59.4 Å². The van der Waals surface area contributed by atoms with Crippen LogP contribution in [0.25, 0.3) is 11.1 Å². The Bertz CT molecular complexity index is 1060. The number of fused-ring (bicyclic) bond motifs is 1. The van der Waals surface area contributed by atoms with Crippen molar-refractivity contribution in [2.45, 2.75) is 33.4 Å². The topological polar surface area (TPSA) is 75.4 Å². The summed E-state index contributed by atoms with van der Waals surface area (Å²) in [5.41, 5.74) is 5.45. The molecular formula is C24H27N3O3. The Balaban J connectivity index is 0.000000806. The van der Waals surface area contributed by atoms with Gasteiger partial charge in [0.2, 0.25) is 0 Å². The summed E-state index contributed by atoms with van der Waals surface area (Å²) in [7, 11) is 0. The summed E-state index contributed by atoms with van der Waals surface area (Å²) < 4.78 is 1.84. The number of benzene rings is 2. The van der Waals surface area contributed by atoms with Gasteiger partial charge in [0.05, 0.1) is 12.2 Å². The van der Waals surface area contributed by atoms with Crippen LogP contribution in [0.4, 0.5) is 0 Å². The molecule has 0 amide bonds. The van der Waals surface area contributed by atoms with Crippen molar-refractivity contribution in [3.05, 3.63) is 87.6 Å². The van der Waals surface area contributed by atoms with E-state index < -0.39 is 0 Å². The molecule has 1 aromatic heterocycles. The standard InChI is InChI=1S/C23H25N3O.CH2O2/c1-3-25-14-13-21-22(16-25)24-17(2)26(23(21)27)15-19-11-7-8-12-20(19)18-9-5-4-6-10-18;2-1-3/h4-12H,3,13-16H2,1-2H3;1H,(H,2,3). The van der Waals surface area contributed by atoms with Crippen molar-refractivity contribution in [1.82, 2.24) is 14.5 Å². The molecule has 3 aromatic rings. The molecule has 156 valence electrons. The second kappa shape index (κ2) is 9.98. The van der Waals surface area contributed by atoms with E-state index in [0.29, 0.717) is 6.54 Å². The van der Waals surface area contributed by atoms with E-state index >= 15 is 0 Å². The van der Waals surface area contributed by atoms with Crippen LogP contribution >= 0.6 is 0 Å². The highest BCUT2D eigenvalue weighted by molar-refractivity contribution is 5.67. The highest BCUT2D eigenvalue weighted by Gasteiger charge is 2.21. The number of rotatable bonds is 4. The molecule has 1 N–H and O–H groups in total. The number of aryl methyl sites for hydroxylation is 1. The van der Waals surface area contributed by atoms with Crippen LogP contribution in [0.2, 0.25) is 0 Å². The van der Waals surface area contributed by atoms with Crippen LogP contribution in [-0.2, 0) is 24.3 Å². The zero-order valence-electron chi connectivity index (χ0n) is 17.4. The second-order valence-electron chi connectivity index (χ2n) is 7.22. The summed E-state index contributed by atoms with van der Waals surface area (Å²) in [5, 5.41) is 6.89. The van der Waals surface area contributed by atoms with Gasteiger partial charge >= 0.3 is 0 Å². The smallest absolute Gasteiger partial charge is 0.290 e. The average Bonchev–Trinajstić information content (AvgIpc) is 2.77. The zero-order chi connectivity index (χ0) is 21.5. The van der Waals surface area contributed by atoms with Crippen LogP contribution in [-0.4, -0.2) is 39.1 Å². The van der Waals surface area contributed by atoms with E-state index in [4.69, 9.17) is 14.9 Å². The molecule has 0 bridgehead atoms. The minimum absolute atomic E-state index is 0.121. The predicted octanol–water partition coefficient (Wildman–Crippen LogP) is 3.35. The molecule has 1 aliphatic heterocycles. The van der Waals surface area contributed by atoms with E-state index in [1.165, 1.54) is 11.1 Å². The first-order chi connectivity index (χ1) is 14.6. The van der Waals surface area contributed by atoms with Crippen LogP contribution in [0.1, 0.15) is 29.6 Å². The van der Waals surface area contributed by atoms with E-state index in [1.54, 1.807) is 0 Å². The number of hydrogen-bond donors (Lipinski definition) is 1. The number of hydrogen-bond acceptors (Lipinski definition) is 4. The van der Waals surface area contributed by atoms with E-state index in [2.05, 4.69) is 36.1 Å². The third-order valence-electron chi connectivity index (χ3n) is 5.47. The van der Waals surface area contributed by atoms with Gasteiger partial charge in [-0.1, -0.05) is 61.5 Å². The maximum atomic E-state index is 13.2. The van der Waals surface area contributed by atoms with Gasteiger partial charge in [-0.05, 0) is 36.6 Å². The van der Waals surface area contributed by atoms with Crippen LogP contribution in [0, 0.1) is 6.92 Å². The first kappa shape index (κ1) is 21.5. The Morgan fingerprint density at radius 1 is 1.10 bits per heavy atom. The van der Waals surface area contributed by atoms with Crippen molar-refractivity contribution in [2.75, 3.05) is 13.1 Å². The van der Waals surface area contributed by atoms with Crippen LogP contribution < -0.4 is 5.56 Å². The molecule has 30 heavy (non-hydrogen) atoms. The van der Waals surface area contributed by atoms with E-state index in [0.717, 1.165) is 48.7 Å². The molecule has 0 aliphatic carbocycles. The van der Waals surface area contributed by atoms with Crippen LogP contribution in [0.3, 0.4) is 0 Å². The molecule has 0 spiro atoms. The van der Waals surface area contributed by atoms with Gasteiger partial charge in [0.15, 0.2) is 0 Å². The lowest BCUT2D eigenvalue weighted by molar-refractivity contribution is -0.122. The maximum Gasteiger partial charge on any atom is 0.290 e. The molecule has 1 aliphatic rings. The average molecular weight is 405 g/mol. The van der Waals surface area contributed by atoms with Gasteiger partial charge in [0, 0.05) is 18.7 Å². The van der Waals surface area contributed by atoms with Gasteiger partial charge in [0.25, 0.3) is 12.0 Å². The van der Waals surface area contributed by atoms with E-state index in [9.17, 15) is 4.79 Å². The number of likely N-dealkylation sites (N-methyl/N-ethyl adjacent to an activating group) is 1. The molecule has 0 atom stereocenters. The molecular weight excluding hydrogens is 378 g/mol. The van der Waals surface area contributed by atoms with Crippen molar-refractivity contribution < 1.29 is 9.90 Å². The summed E-state index contributed by atoms with van der Waals surface area (Å²) in [6.45, 7) is 7.10. The summed E-state index contributed by atoms with van der Waals surface area (Å²) in [5.74, 6) is 0.791. The fourth-order valence-corrected chi connectivity index (χ4v) is 3.88.